The maximum Gasteiger partial charge on any atom is 0.264 e. The minimum Gasteiger partial charge on any atom is -0.360 e. The zero-order chi connectivity index (χ0) is 22.2. The Balaban J connectivity index is 1.48. The van der Waals surface area contributed by atoms with Crippen molar-refractivity contribution in [2.24, 2.45) is 0 Å². The van der Waals surface area contributed by atoms with Gasteiger partial charge in [0.2, 0.25) is 0 Å². The van der Waals surface area contributed by atoms with Crippen molar-refractivity contribution >= 4 is 67.8 Å². The Morgan fingerprint density at radius 2 is 1.62 bits per heavy atom. The van der Waals surface area contributed by atoms with Crippen LogP contribution in [0.5, 0.6) is 0 Å². The molecule has 0 bridgehead atoms. The van der Waals surface area contributed by atoms with Crippen LogP contribution in [-0.2, 0) is 0 Å². The first-order chi connectivity index (χ1) is 15.5. The molecule has 4 aromatic rings. The molecule has 1 amide bonds. The molecule has 1 atom stereocenters. The molecular formula is C25H19Cl3N2OS. The molecule has 1 aliphatic rings. The van der Waals surface area contributed by atoms with Crippen LogP contribution in [0.25, 0.3) is 10.1 Å². The fourth-order valence-electron chi connectivity index (χ4n) is 4.18. The van der Waals surface area contributed by atoms with Crippen LogP contribution in [0, 0.1) is 0 Å². The molecule has 1 fully saturated rings. The van der Waals surface area contributed by atoms with E-state index in [0.29, 0.717) is 34.7 Å². The Labute approximate surface area is 205 Å². The minimum absolute atomic E-state index is 0.0574. The number of amides is 1. The number of thiophene rings is 1. The molecule has 32 heavy (non-hydrogen) atoms. The average Bonchev–Trinajstić information content (AvgIpc) is 3.23. The molecule has 1 unspecified atom stereocenters. The van der Waals surface area contributed by atoms with E-state index in [2.05, 4.69) is 4.90 Å². The standard InChI is InChI=1S/C25H19Cl3N2OS/c26-18-7-5-16(6-8-18)22-15-29(11-12-30(22)21-10-9-19(27)14-20(21)28)25(31)24-13-17-3-1-2-4-23(17)32-24/h1-10,13-14,22H,11-12,15H2. The number of rotatable bonds is 3. The lowest BCUT2D eigenvalue weighted by Gasteiger charge is -2.43. The van der Waals surface area contributed by atoms with Gasteiger partial charge in [0.05, 0.1) is 21.6 Å². The van der Waals surface area contributed by atoms with Crippen LogP contribution in [0.4, 0.5) is 5.69 Å². The van der Waals surface area contributed by atoms with Crippen molar-refractivity contribution in [1.29, 1.82) is 0 Å². The number of halogens is 3. The SMILES string of the molecule is O=C(c1cc2ccccc2s1)N1CCN(c2ccc(Cl)cc2Cl)C(c2ccc(Cl)cc2)C1. The van der Waals surface area contributed by atoms with Gasteiger partial charge in [-0.1, -0.05) is 65.1 Å². The number of carbonyl (C=O) groups is 1. The highest BCUT2D eigenvalue weighted by Crippen LogP contribution is 2.37. The molecule has 0 spiro atoms. The van der Waals surface area contributed by atoms with Gasteiger partial charge in [-0.25, -0.2) is 0 Å². The van der Waals surface area contributed by atoms with E-state index in [0.717, 1.165) is 26.2 Å². The molecule has 0 aliphatic carbocycles. The van der Waals surface area contributed by atoms with E-state index in [1.165, 1.54) is 0 Å². The summed E-state index contributed by atoms with van der Waals surface area (Å²) in [6.07, 6.45) is 0. The van der Waals surface area contributed by atoms with Gasteiger partial charge in [-0.15, -0.1) is 11.3 Å². The van der Waals surface area contributed by atoms with Gasteiger partial charge in [0, 0.05) is 34.4 Å². The number of anilines is 1. The molecule has 0 radical (unpaired) electrons. The van der Waals surface area contributed by atoms with E-state index < -0.39 is 0 Å². The van der Waals surface area contributed by atoms with Crippen LogP contribution in [0.3, 0.4) is 0 Å². The maximum absolute atomic E-state index is 13.4. The largest absolute Gasteiger partial charge is 0.360 e. The second-order valence-corrected chi connectivity index (χ2v) is 10.1. The van der Waals surface area contributed by atoms with Crippen LogP contribution < -0.4 is 4.90 Å². The van der Waals surface area contributed by atoms with Crippen LogP contribution >= 0.6 is 46.1 Å². The molecule has 162 valence electrons. The molecule has 3 nitrogen and oxygen atoms in total. The number of benzene rings is 3. The molecule has 1 saturated heterocycles. The molecule has 1 aromatic heterocycles. The van der Waals surface area contributed by atoms with E-state index in [4.69, 9.17) is 34.8 Å². The highest BCUT2D eigenvalue weighted by molar-refractivity contribution is 7.20. The van der Waals surface area contributed by atoms with E-state index in [1.54, 1.807) is 17.4 Å². The van der Waals surface area contributed by atoms with E-state index in [1.807, 2.05) is 71.6 Å². The van der Waals surface area contributed by atoms with Gasteiger partial charge in [-0.05, 0) is 53.4 Å². The predicted molar refractivity (Wildman–Crippen MR) is 136 cm³/mol. The van der Waals surface area contributed by atoms with Crippen molar-refractivity contribution in [3.8, 4) is 0 Å². The smallest absolute Gasteiger partial charge is 0.264 e. The first-order valence-electron chi connectivity index (χ1n) is 10.2. The summed E-state index contributed by atoms with van der Waals surface area (Å²) in [5.74, 6) is 0.0621. The van der Waals surface area contributed by atoms with Gasteiger partial charge < -0.3 is 9.80 Å². The maximum atomic E-state index is 13.4. The van der Waals surface area contributed by atoms with Crippen molar-refractivity contribution in [2.45, 2.75) is 6.04 Å². The lowest BCUT2D eigenvalue weighted by molar-refractivity contribution is 0.0727. The highest BCUT2D eigenvalue weighted by Gasteiger charge is 2.32. The summed E-state index contributed by atoms with van der Waals surface area (Å²) >= 11 is 20.4. The Morgan fingerprint density at radius 3 is 2.38 bits per heavy atom. The van der Waals surface area contributed by atoms with Crippen molar-refractivity contribution in [3.63, 3.8) is 0 Å². The van der Waals surface area contributed by atoms with E-state index in [-0.39, 0.29) is 11.9 Å². The number of hydrogen-bond donors (Lipinski definition) is 0. The van der Waals surface area contributed by atoms with Gasteiger partial charge in [-0.3, -0.25) is 4.79 Å². The van der Waals surface area contributed by atoms with Gasteiger partial charge in [0.25, 0.3) is 5.91 Å². The average molecular weight is 502 g/mol. The summed E-state index contributed by atoms with van der Waals surface area (Å²) in [5, 5.41) is 2.97. The summed E-state index contributed by atoms with van der Waals surface area (Å²) < 4.78 is 1.12. The van der Waals surface area contributed by atoms with Crippen molar-refractivity contribution in [2.75, 3.05) is 24.5 Å². The quantitative estimate of drug-likeness (QED) is 0.289. The Morgan fingerprint density at radius 1 is 0.875 bits per heavy atom. The van der Waals surface area contributed by atoms with E-state index in [9.17, 15) is 4.79 Å². The number of piperazine rings is 1. The summed E-state index contributed by atoms with van der Waals surface area (Å²) in [5.41, 5.74) is 1.99. The Bertz CT molecular complexity index is 1260. The molecule has 0 N–H and O–H groups in total. The third-order valence-corrected chi connectivity index (χ3v) is 7.67. The first-order valence-corrected chi connectivity index (χ1v) is 12.2. The summed E-state index contributed by atoms with van der Waals surface area (Å²) in [4.78, 5) is 18.4. The summed E-state index contributed by atoms with van der Waals surface area (Å²) in [6.45, 7) is 1.81. The molecule has 0 saturated carbocycles. The monoisotopic (exact) mass is 500 g/mol. The molecule has 5 rings (SSSR count). The fourth-order valence-corrected chi connectivity index (χ4v) is 5.86. The van der Waals surface area contributed by atoms with Crippen LogP contribution in [0.2, 0.25) is 15.1 Å². The highest BCUT2D eigenvalue weighted by atomic mass is 35.5. The van der Waals surface area contributed by atoms with Gasteiger partial charge in [0.15, 0.2) is 0 Å². The molecular weight excluding hydrogens is 483 g/mol. The zero-order valence-corrected chi connectivity index (χ0v) is 20.1. The van der Waals surface area contributed by atoms with Crippen molar-refractivity contribution < 1.29 is 4.79 Å². The normalized spacial score (nSPS) is 16.5. The number of carbonyl (C=O) groups excluding carboxylic acids is 1. The third kappa shape index (κ3) is 4.20. The van der Waals surface area contributed by atoms with Crippen molar-refractivity contribution in [1.82, 2.24) is 4.90 Å². The van der Waals surface area contributed by atoms with Gasteiger partial charge in [-0.2, -0.15) is 0 Å². The van der Waals surface area contributed by atoms with Crippen molar-refractivity contribution in [3.05, 3.63) is 98.3 Å². The van der Waals surface area contributed by atoms with E-state index >= 15 is 0 Å². The number of fused-ring (bicyclic) bond motifs is 1. The predicted octanol–water partition coefficient (Wildman–Crippen LogP) is 7.57. The molecule has 2 heterocycles. The van der Waals surface area contributed by atoms with Gasteiger partial charge >= 0.3 is 0 Å². The minimum atomic E-state index is -0.0574. The Kier molecular flexibility index (Phi) is 6.04. The summed E-state index contributed by atoms with van der Waals surface area (Å²) in [6, 6.07) is 23.3. The number of nitrogens with zero attached hydrogens (tertiary/aromatic N) is 2. The second kappa shape index (κ2) is 8.95. The fraction of sp³-hybridized carbons (Fsp3) is 0.160. The third-order valence-electron chi connectivity index (χ3n) is 5.78. The molecule has 1 aliphatic heterocycles. The van der Waals surface area contributed by atoms with Crippen LogP contribution in [0.15, 0.2) is 72.8 Å². The van der Waals surface area contributed by atoms with Crippen LogP contribution in [-0.4, -0.2) is 30.4 Å². The zero-order valence-electron chi connectivity index (χ0n) is 17.0. The second-order valence-electron chi connectivity index (χ2n) is 7.76. The molecule has 3 aromatic carbocycles. The molecule has 7 heteroatoms. The first kappa shape index (κ1) is 21.6. The Hall–Kier alpha value is -2.24. The topological polar surface area (TPSA) is 23.6 Å². The lowest BCUT2D eigenvalue weighted by atomic mass is 10.0. The number of hydrogen-bond acceptors (Lipinski definition) is 3. The van der Waals surface area contributed by atoms with Gasteiger partial charge in [0.1, 0.15) is 0 Å². The summed E-state index contributed by atoms with van der Waals surface area (Å²) in [7, 11) is 0. The lowest BCUT2D eigenvalue weighted by Crippen LogP contribution is -2.50. The van der Waals surface area contributed by atoms with Crippen LogP contribution in [0.1, 0.15) is 21.3 Å².